The fraction of sp³-hybridized carbons (Fsp3) is 0.700. The number of likely N-dealkylation sites (tertiary alicyclic amines) is 1. The van der Waals surface area contributed by atoms with Crippen LogP contribution in [0, 0.1) is 0 Å². The van der Waals surface area contributed by atoms with Gasteiger partial charge in [0.1, 0.15) is 11.6 Å². The van der Waals surface area contributed by atoms with Crippen molar-refractivity contribution < 1.29 is 19.1 Å². The van der Waals surface area contributed by atoms with E-state index in [-0.39, 0.29) is 5.78 Å². The van der Waals surface area contributed by atoms with Crippen LogP contribution in [0.4, 0.5) is 4.79 Å². The number of carbonyl (C=O) groups is 2. The van der Waals surface area contributed by atoms with E-state index in [4.69, 9.17) is 10.3 Å². The van der Waals surface area contributed by atoms with E-state index in [0.29, 0.717) is 13.0 Å². The molecule has 1 aliphatic rings. The normalized spacial score (nSPS) is 19.4. The summed E-state index contributed by atoms with van der Waals surface area (Å²) in [4.78, 5) is 26.9. The zero-order valence-electron chi connectivity index (χ0n) is 9.64. The van der Waals surface area contributed by atoms with Gasteiger partial charge in [-0.05, 0) is 27.2 Å². The molecule has 0 N–H and O–H groups in total. The smallest absolute Gasteiger partial charge is 0.410 e. The molecule has 1 amide bonds. The van der Waals surface area contributed by atoms with Crippen molar-refractivity contribution in [2.75, 3.05) is 6.54 Å². The van der Waals surface area contributed by atoms with Crippen LogP contribution in [0.3, 0.4) is 0 Å². The third kappa shape index (κ3) is 2.90. The first-order chi connectivity index (χ1) is 7.35. The van der Waals surface area contributed by atoms with E-state index in [0.717, 1.165) is 6.21 Å². The lowest BCUT2D eigenvalue weighted by Crippen LogP contribution is -2.56. The van der Waals surface area contributed by atoms with E-state index >= 15 is 0 Å². The number of ketones is 1. The Balaban J connectivity index is 2.59. The van der Waals surface area contributed by atoms with E-state index in [1.165, 1.54) is 4.90 Å². The Kier molecular flexibility index (Phi) is 3.44. The Labute approximate surface area is 93.8 Å². The molecule has 6 heteroatoms. The molecule has 0 aromatic heterocycles. The summed E-state index contributed by atoms with van der Waals surface area (Å²) in [6.45, 7) is 5.77. The number of Topliss-reactive ketones (excluding diaryl/α,β-unsaturated/α-hetero) is 1. The number of amides is 1. The van der Waals surface area contributed by atoms with Crippen molar-refractivity contribution in [3.8, 4) is 0 Å². The molecule has 6 nitrogen and oxygen atoms in total. The minimum Gasteiger partial charge on any atom is -0.444 e. The van der Waals surface area contributed by atoms with Crippen molar-refractivity contribution >= 4 is 18.1 Å². The molecule has 1 aliphatic heterocycles. The molecule has 0 aromatic carbocycles. The molecule has 1 atom stereocenters. The van der Waals surface area contributed by atoms with E-state index in [2.05, 4.69) is 4.79 Å². The summed E-state index contributed by atoms with van der Waals surface area (Å²) in [7, 11) is 0. The van der Waals surface area contributed by atoms with Crippen LogP contribution in [-0.2, 0) is 9.53 Å². The summed E-state index contributed by atoms with van der Waals surface area (Å²) in [6.07, 6.45) is 0.870. The number of ether oxygens (including phenoxy) is 1. The second-order valence-corrected chi connectivity index (χ2v) is 4.63. The van der Waals surface area contributed by atoms with Crippen LogP contribution in [0.25, 0.3) is 5.53 Å². The van der Waals surface area contributed by atoms with Crippen molar-refractivity contribution in [1.29, 1.82) is 0 Å². The largest absolute Gasteiger partial charge is 0.444 e. The van der Waals surface area contributed by atoms with Crippen molar-refractivity contribution in [1.82, 2.24) is 4.90 Å². The Hall–Kier alpha value is -1.68. The van der Waals surface area contributed by atoms with Crippen molar-refractivity contribution in [3.05, 3.63) is 5.53 Å². The summed E-state index contributed by atoms with van der Waals surface area (Å²) in [5.74, 6) is -0.389. The number of carbonyl (C=O) groups excluding carboxylic acids is 2. The van der Waals surface area contributed by atoms with E-state index < -0.39 is 17.7 Å². The lowest BCUT2D eigenvalue weighted by molar-refractivity contribution is -0.124. The molecular formula is C10H15N3O3. The number of rotatable bonds is 2. The third-order valence-electron chi connectivity index (χ3n) is 2.16. The molecule has 0 bridgehead atoms. The van der Waals surface area contributed by atoms with Gasteiger partial charge in [-0.25, -0.2) is 4.79 Å². The second kappa shape index (κ2) is 4.45. The number of nitrogens with zero attached hydrogens (tertiary/aromatic N) is 3. The summed E-state index contributed by atoms with van der Waals surface area (Å²) in [5.41, 5.74) is 7.65. The Bertz CT molecular complexity index is 353. The molecule has 0 saturated carbocycles. The highest BCUT2D eigenvalue weighted by Crippen LogP contribution is 2.21. The molecule has 0 aliphatic carbocycles. The Morgan fingerprint density at radius 1 is 1.50 bits per heavy atom. The molecule has 16 heavy (non-hydrogen) atoms. The zero-order chi connectivity index (χ0) is 12.3. The molecular weight excluding hydrogens is 210 g/mol. The standard InChI is InChI=1S/C10H15N3O3/c1-10(2,3)16-9(15)13-5-4-7(13)8(14)6-12-11/h6-7H,4-5H2,1-3H3/t7-/m0/s1. The summed E-state index contributed by atoms with van der Waals surface area (Å²) in [6, 6.07) is -0.550. The predicted octanol–water partition coefficient (Wildman–Crippen LogP) is 0.866. The average molecular weight is 225 g/mol. The molecule has 0 aromatic rings. The lowest BCUT2D eigenvalue weighted by Gasteiger charge is -2.38. The molecule has 0 unspecified atom stereocenters. The highest BCUT2D eigenvalue weighted by Gasteiger charge is 2.40. The van der Waals surface area contributed by atoms with Gasteiger partial charge in [0.05, 0.1) is 0 Å². The van der Waals surface area contributed by atoms with Gasteiger partial charge in [0.25, 0.3) is 5.78 Å². The molecule has 1 saturated heterocycles. The molecule has 1 fully saturated rings. The van der Waals surface area contributed by atoms with Gasteiger partial charge in [-0.15, -0.1) is 0 Å². The maximum Gasteiger partial charge on any atom is 0.410 e. The monoisotopic (exact) mass is 225 g/mol. The van der Waals surface area contributed by atoms with Gasteiger partial charge in [-0.3, -0.25) is 9.69 Å². The van der Waals surface area contributed by atoms with Crippen molar-refractivity contribution in [3.63, 3.8) is 0 Å². The van der Waals surface area contributed by atoms with Crippen LogP contribution in [0.1, 0.15) is 27.2 Å². The number of hydrogen-bond donors (Lipinski definition) is 0. The highest BCUT2D eigenvalue weighted by molar-refractivity contribution is 6.28. The van der Waals surface area contributed by atoms with Gasteiger partial charge in [0, 0.05) is 6.54 Å². The van der Waals surface area contributed by atoms with Crippen LogP contribution in [0.2, 0.25) is 0 Å². The van der Waals surface area contributed by atoms with Gasteiger partial charge in [-0.2, -0.15) is 4.79 Å². The van der Waals surface area contributed by atoms with E-state index in [9.17, 15) is 9.59 Å². The topological polar surface area (TPSA) is 83.0 Å². The van der Waals surface area contributed by atoms with Gasteiger partial charge in [0.2, 0.25) is 0 Å². The third-order valence-corrected chi connectivity index (χ3v) is 2.16. The molecule has 88 valence electrons. The highest BCUT2D eigenvalue weighted by atomic mass is 16.6. The van der Waals surface area contributed by atoms with Crippen LogP contribution in [0.5, 0.6) is 0 Å². The van der Waals surface area contributed by atoms with Gasteiger partial charge < -0.3 is 10.3 Å². The predicted molar refractivity (Wildman–Crippen MR) is 56.0 cm³/mol. The molecule has 1 rings (SSSR count). The van der Waals surface area contributed by atoms with Crippen molar-refractivity contribution in [2.24, 2.45) is 0 Å². The van der Waals surface area contributed by atoms with Crippen LogP contribution >= 0.6 is 0 Å². The maximum atomic E-state index is 11.6. The van der Waals surface area contributed by atoms with Gasteiger partial charge >= 0.3 is 12.3 Å². The first kappa shape index (κ1) is 12.4. The van der Waals surface area contributed by atoms with E-state index in [1.54, 1.807) is 20.8 Å². The minimum atomic E-state index is -0.578. The molecule has 0 spiro atoms. The fourth-order valence-corrected chi connectivity index (χ4v) is 1.37. The van der Waals surface area contributed by atoms with Crippen LogP contribution < -0.4 is 0 Å². The first-order valence-corrected chi connectivity index (χ1v) is 5.06. The van der Waals surface area contributed by atoms with Crippen LogP contribution in [0.15, 0.2) is 0 Å². The summed E-state index contributed by atoms with van der Waals surface area (Å²) < 4.78 is 5.13. The molecule has 1 heterocycles. The first-order valence-electron chi connectivity index (χ1n) is 5.06. The van der Waals surface area contributed by atoms with Crippen LogP contribution in [-0.4, -0.2) is 46.0 Å². The Morgan fingerprint density at radius 2 is 2.12 bits per heavy atom. The zero-order valence-corrected chi connectivity index (χ0v) is 9.64. The van der Waals surface area contributed by atoms with Gasteiger partial charge in [-0.1, -0.05) is 0 Å². The quantitative estimate of drug-likeness (QED) is 0.397. The lowest BCUT2D eigenvalue weighted by atomic mass is 10.00. The molecule has 0 radical (unpaired) electrons. The second-order valence-electron chi connectivity index (χ2n) is 4.63. The summed E-state index contributed by atoms with van der Waals surface area (Å²) >= 11 is 0. The SMILES string of the molecule is CC(C)(C)OC(=O)N1CC[C@H]1C(=O)C=[N+]=[N-]. The fourth-order valence-electron chi connectivity index (χ4n) is 1.37. The number of hydrogen-bond acceptors (Lipinski definition) is 3. The minimum absolute atomic E-state index is 0.389. The van der Waals surface area contributed by atoms with Gasteiger partial charge in [0.15, 0.2) is 0 Å². The maximum absolute atomic E-state index is 11.6. The summed E-state index contributed by atoms with van der Waals surface area (Å²) in [5, 5.41) is 0. The van der Waals surface area contributed by atoms with E-state index in [1.807, 2.05) is 0 Å². The Morgan fingerprint density at radius 3 is 2.50 bits per heavy atom. The average Bonchev–Trinajstić information content (AvgIpc) is 1.97. The van der Waals surface area contributed by atoms with Crippen molar-refractivity contribution in [2.45, 2.75) is 38.8 Å².